The van der Waals surface area contributed by atoms with Crippen molar-refractivity contribution in [2.24, 2.45) is 0 Å². The van der Waals surface area contributed by atoms with Crippen LogP contribution in [0.1, 0.15) is 96.0 Å². The van der Waals surface area contributed by atoms with Gasteiger partial charge in [0.25, 0.3) is 0 Å². The molecule has 9 heteroatoms. The van der Waals surface area contributed by atoms with Crippen molar-refractivity contribution in [2.45, 2.75) is 104 Å². The van der Waals surface area contributed by atoms with Crippen molar-refractivity contribution in [3.05, 3.63) is 71.8 Å². The molecule has 0 bridgehead atoms. The number of imidazole rings is 2. The fraction of sp³-hybridized carbons (Fsp3) is 0.594. The molecule has 2 heterocycles. The van der Waals surface area contributed by atoms with E-state index in [2.05, 4.69) is 80.1 Å². The Balaban J connectivity index is 1.66. The Morgan fingerprint density at radius 3 is 2.20 bits per heavy atom. The van der Waals surface area contributed by atoms with Crippen molar-refractivity contribution in [3.63, 3.8) is 0 Å². The van der Waals surface area contributed by atoms with Gasteiger partial charge in [0.05, 0.1) is 12.6 Å². The average Bonchev–Trinajstić information content (AvgIpc) is 3.63. The number of aromatic nitrogens is 4. The molecule has 226 valence electrons. The number of carbonyl (C=O) groups excluding carboxylic acids is 1. The van der Waals surface area contributed by atoms with Gasteiger partial charge < -0.3 is 24.9 Å². The Kier molecular flexibility index (Phi) is 12.9. The molecular formula is C32H51N7O2. The predicted molar refractivity (Wildman–Crippen MR) is 164 cm³/mol. The van der Waals surface area contributed by atoms with Gasteiger partial charge in [-0.25, -0.2) is 14.8 Å². The van der Waals surface area contributed by atoms with Gasteiger partial charge >= 0.3 is 6.09 Å². The van der Waals surface area contributed by atoms with Gasteiger partial charge in [-0.2, -0.15) is 0 Å². The monoisotopic (exact) mass is 565 g/mol. The van der Waals surface area contributed by atoms with E-state index in [9.17, 15) is 4.79 Å². The second kappa shape index (κ2) is 16.3. The summed E-state index contributed by atoms with van der Waals surface area (Å²) in [6, 6.07) is 8.85. The first-order chi connectivity index (χ1) is 19.7. The van der Waals surface area contributed by atoms with Gasteiger partial charge in [-0.15, -0.1) is 0 Å². The number of ether oxygens (including phenoxy) is 1. The van der Waals surface area contributed by atoms with Gasteiger partial charge in [0.15, 0.2) is 0 Å². The number of aromatic amines is 2. The van der Waals surface area contributed by atoms with Crippen LogP contribution in [-0.4, -0.2) is 67.1 Å². The molecule has 0 radical (unpaired) electrons. The standard InChI is InChI=1S/C32H51N7O2/c1-7-19-38(20-8-2)21-9-10-28(37-31(40)41-32(4,5)6)22-26-11-13-27(14-12-26)23-39(24-29-33-15-16-34-29)25(3)30-35-17-18-36-30/h11-18,25,28H,7-10,19-24H2,1-6H3,(H,33,34)(H,35,36)(H,37,40). The smallest absolute Gasteiger partial charge is 0.407 e. The number of carbonyl (C=O) groups is 1. The molecule has 0 aliphatic carbocycles. The third-order valence-electron chi connectivity index (χ3n) is 7.09. The largest absolute Gasteiger partial charge is 0.444 e. The molecule has 2 unspecified atom stereocenters. The molecule has 0 saturated heterocycles. The van der Waals surface area contributed by atoms with Crippen LogP contribution in [0.4, 0.5) is 4.79 Å². The zero-order valence-corrected chi connectivity index (χ0v) is 25.9. The number of nitrogens with one attached hydrogen (secondary N) is 3. The quantitative estimate of drug-likeness (QED) is 0.179. The molecule has 0 aliphatic rings. The van der Waals surface area contributed by atoms with Gasteiger partial charge in [0, 0.05) is 37.4 Å². The van der Waals surface area contributed by atoms with Crippen LogP contribution in [0.25, 0.3) is 0 Å². The molecule has 1 amide bonds. The zero-order valence-electron chi connectivity index (χ0n) is 25.9. The summed E-state index contributed by atoms with van der Waals surface area (Å²) in [5.74, 6) is 1.85. The van der Waals surface area contributed by atoms with E-state index in [-0.39, 0.29) is 18.2 Å². The summed E-state index contributed by atoms with van der Waals surface area (Å²) < 4.78 is 5.59. The van der Waals surface area contributed by atoms with E-state index >= 15 is 0 Å². The molecule has 9 nitrogen and oxygen atoms in total. The van der Waals surface area contributed by atoms with E-state index in [4.69, 9.17) is 4.74 Å². The van der Waals surface area contributed by atoms with E-state index in [0.717, 1.165) is 69.9 Å². The summed E-state index contributed by atoms with van der Waals surface area (Å²) >= 11 is 0. The highest BCUT2D eigenvalue weighted by atomic mass is 16.6. The fourth-order valence-electron chi connectivity index (χ4n) is 5.11. The Morgan fingerprint density at radius 1 is 0.951 bits per heavy atom. The minimum Gasteiger partial charge on any atom is -0.444 e. The van der Waals surface area contributed by atoms with Crippen LogP contribution in [0.5, 0.6) is 0 Å². The number of amides is 1. The highest BCUT2D eigenvalue weighted by molar-refractivity contribution is 5.68. The number of H-pyrrole nitrogens is 2. The Bertz CT molecular complexity index is 1100. The molecule has 0 aliphatic heterocycles. The van der Waals surface area contributed by atoms with Crippen LogP contribution in [0.3, 0.4) is 0 Å². The molecule has 3 rings (SSSR count). The molecular weight excluding hydrogens is 514 g/mol. The lowest BCUT2D eigenvalue weighted by Crippen LogP contribution is -2.40. The molecule has 3 aromatic rings. The Hall–Kier alpha value is -3.17. The normalized spacial score (nSPS) is 13.5. The third kappa shape index (κ3) is 11.7. The van der Waals surface area contributed by atoms with Crippen LogP contribution in [0.15, 0.2) is 49.1 Å². The van der Waals surface area contributed by atoms with Crippen molar-refractivity contribution in [1.82, 2.24) is 35.1 Å². The molecule has 0 spiro atoms. The van der Waals surface area contributed by atoms with Crippen LogP contribution in [0, 0.1) is 0 Å². The van der Waals surface area contributed by atoms with Crippen LogP contribution >= 0.6 is 0 Å². The maximum atomic E-state index is 12.7. The second-order valence-electron chi connectivity index (χ2n) is 11.9. The van der Waals surface area contributed by atoms with Crippen molar-refractivity contribution in [2.75, 3.05) is 19.6 Å². The lowest BCUT2D eigenvalue weighted by Gasteiger charge is -2.27. The minimum absolute atomic E-state index is 0.00947. The number of hydrogen-bond donors (Lipinski definition) is 3. The highest BCUT2D eigenvalue weighted by Crippen LogP contribution is 2.22. The van der Waals surface area contributed by atoms with E-state index in [1.54, 1.807) is 12.4 Å². The van der Waals surface area contributed by atoms with Gasteiger partial charge in [0.2, 0.25) is 0 Å². The number of alkyl carbamates (subject to hydrolysis) is 1. The first-order valence-corrected chi connectivity index (χ1v) is 15.2. The van der Waals surface area contributed by atoms with Crippen molar-refractivity contribution < 1.29 is 9.53 Å². The summed E-state index contributed by atoms with van der Waals surface area (Å²) in [5.41, 5.74) is 1.89. The summed E-state index contributed by atoms with van der Waals surface area (Å²) in [5, 5.41) is 3.15. The van der Waals surface area contributed by atoms with Gasteiger partial charge in [-0.1, -0.05) is 38.1 Å². The predicted octanol–water partition coefficient (Wildman–Crippen LogP) is 6.23. The molecule has 3 N–H and O–H groups in total. The lowest BCUT2D eigenvalue weighted by atomic mass is 10.00. The highest BCUT2D eigenvalue weighted by Gasteiger charge is 2.21. The SMILES string of the molecule is CCCN(CCC)CCCC(Cc1ccc(CN(Cc2ncc[nH]2)C(C)c2ncc[nH]2)cc1)NC(=O)OC(C)(C)C. The van der Waals surface area contributed by atoms with Crippen molar-refractivity contribution in [3.8, 4) is 0 Å². The van der Waals surface area contributed by atoms with Gasteiger partial charge in [0.1, 0.15) is 17.2 Å². The summed E-state index contributed by atoms with van der Waals surface area (Å²) in [7, 11) is 0. The minimum atomic E-state index is -0.524. The van der Waals surface area contributed by atoms with Gasteiger partial charge in [-0.05, 0) is 90.6 Å². The van der Waals surface area contributed by atoms with Gasteiger partial charge in [-0.3, -0.25) is 4.90 Å². The Labute approximate surface area is 246 Å². The summed E-state index contributed by atoms with van der Waals surface area (Å²) in [4.78, 5) is 32.9. The molecule has 2 atom stereocenters. The number of benzene rings is 1. The van der Waals surface area contributed by atoms with Crippen LogP contribution < -0.4 is 5.32 Å². The first kappa shape index (κ1) is 32.3. The third-order valence-corrected chi connectivity index (χ3v) is 7.09. The molecule has 41 heavy (non-hydrogen) atoms. The maximum absolute atomic E-state index is 12.7. The molecule has 2 aromatic heterocycles. The zero-order chi connectivity index (χ0) is 29.7. The van der Waals surface area contributed by atoms with Crippen LogP contribution in [0.2, 0.25) is 0 Å². The molecule has 1 aromatic carbocycles. The molecule has 0 saturated carbocycles. The fourth-order valence-corrected chi connectivity index (χ4v) is 5.11. The Morgan fingerprint density at radius 2 is 1.61 bits per heavy atom. The lowest BCUT2D eigenvalue weighted by molar-refractivity contribution is 0.0500. The maximum Gasteiger partial charge on any atom is 0.407 e. The number of hydrogen-bond acceptors (Lipinski definition) is 6. The van der Waals surface area contributed by atoms with Crippen LogP contribution in [-0.2, 0) is 24.2 Å². The molecule has 0 fully saturated rings. The number of nitrogens with zero attached hydrogens (tertiary/aromatic N) is 4. The van der Waals surface area contributed by atoms with E-state index < -0.39 is 5.60 Å². The van der Waals surface area contributed by atoms with E-state index in [1.165, 1.54) is 11.1 Å². The first-order valence-electron chi connectivity index (χ1n) is 15.2. The number of rotatable bonds is 17. The average molecular weight is 566 g/mol. The van der Waals surface area contributed by atoms with E-state index in [1.807, 2.05) is 33.2 Å². The summed E-state index contributed by atoms with van der Waals surface area (Å²) in [6.45, 7) is 17.0. The van der Waals surface area contributed by atoms with Crippen molar-refractivity contribution >= 4 is 6.09 Å². The topological polar surface area (TPSA) is 102 Å². The van der Waals surface area contributed by atoms with E-state index in [0.29, 0.717) is 6.54 Å². The summed E-state index contributed by atoms with van der Waals surface area (Å²) in [6.07, 6.45) is 12.0. The second-order valence-corrected chi connectivity index (χ2v) is 11.9. The van der Waals surface area contributed by atoms with Crippen molar-refractivity contribution in [1.29, 1.82) is 0 Å².